The van der Waals surface area contributed by atoms with Crippen molar-refractivity contribution in [3.63, 3.8) is 0 Å². The lowest BCUT2D eigenvalue weighted by Crippen LogP contribution is -2.17. The second kappa shape index (κ2) is 10.1. The molecule has 1 aliphatic carbocycles. The van der Waals surface area contributed by atoms with Crippen molar-refractivity contribution < 1.29 is 27.2 Å². The number of aryl methyl sites for hydroxylation is 1. The molecule has 0 unspecified atom stereocenters. The largest absolute Gasteiger partial charge is 0.573 e. The van der Waals surface area contributed by atoms with Crippen LogP contribution in [0.3, 0.4) is 0 Å². The molecule has 1 aliphatic rings. The van der Waals surface area contributed by atoms with Crippen LogP contribution in [0.1, 0.15) is 55.5 Å². The minimum absolute atomic E-state index is 0.109. The number of hydrogen-bond acceptors (Lipinski definition) is 4. The highest BCUT2D eigenvalue weighted by molar-refractivity contribution is 5.86. The number of alkyl halides is 3. The Balaban J connectivity index is 1.28. The topological polar surface area (TPSA) is 49.4 Å². The normalized spacial score (nSPS) is 13.8. The maximum absolute atomic E-state index is 13.1. The molecule has 206 valence electrons. The second-order valence-corrected chi connectivity index (χ2v) is 10.5. The first-order valence-electron chi connectivity index (χ1n) is 13.4. The zero-order chi connectivity index (χ0) is 28.0. The van der Waals surface area contributed by atoms with Crippen LogP contribution in [0, 0.1) is 6.92 Å². The van der Waals surface area contributed by atoms with Crippen LogP contribution < -0.4 is 9.47 Å². The fourth-order valence-corrected chi connectivity index (χ4v) is 5.19. The number of aromatic nitrogens is 2. The lowest BCUT2D eigenvalue weighted by Gasteiger charge is -2.14. The SMILES string of the molecule is Cc1cc(OCc2c(-c3ccccc3OC(F)(F)F)noc2C2CC2)ccc1-c1ccc2ccn(C(C)C)c2c1. The molecule has 3 aromatic carbocycles. The molecule has 0 radical (unpaired) electrons. The fourth-order valence-electron chi connectivity index (χ4n) is 5.19. The predicted molar refractivity (Wildman–Crippen MR) is 147 cm³/mol. The summed E-state index contributed by atoms with van der Waals surface area (Å²) >= 11 is 0. The Morgan fingerprint density at radius 1 is 1.00 bits per heavy atom. The minimum atomic E-state index is -4.82. The Labute approximate surface area is 230 Å². The quantitative estimate of drug-likeness (QED) is 0.195. The van der Waals surface area contributed by atoms with Gasteiger partial charge in [-0.1, -0.05) is 35.5 Å². The summed E-state index contributed by atoms with van der Waals surface area (Å²) in [5, 5.41) is 5.36. The van der Waals surface area contributed by atoms with Crippen molar-refractivity contribution in [3.8, 4) is 33.9 Å². The maximum Gasteiger partial charge on any atom is 0.573 e. The van der Waals surface area contributed by atoms with Gasteiger partial charge in [0.2, 0.25) is 0 Å². The highest BCUT2D eigenvalue weighted by Gasteiger charge is 2.35. The number of fused-ring (bicyclic) bond motifs is 1. The molecule has 0 N–H and O–H groups in total. The van der Waals surface area contributed by atoms with Crippen molar-refractivity contribution in [2.45, 2.75) is 58.5 Å². The van der Waals surface area contributed by atoms with E-state index < -0.39 is 6.36 Å². The number of hydrogen-bond donors (Lipinski definition) is 0. The Morgan fingerprint density at radius 2 is 1.80 bits per heavy atom. The van der Waals surface area contributed by atoms with E-state index in [0.717, 1.165) is 29.5 Å². The van der Waals surface area contributed by atoms with E-state index in [9.17, 15) is 13.2 Å². The fraction of sp³-hybridized carbons (Fsp3) is 0.281. The molecule has 6 rings (SSSR count). The Morgan fingerprint density at radius 3 is 2.52 bits per heavy atom. The summed E-state index contributed by atoms with van der Waals surface area (Å²) in [7, 11) is 0. The van der Waals surface area contributed by atoms with E-state index >= 15 is 0 Å². The van der Waals surface area contributed by atoms with Gasteiger partial charge in [-0.05, 0) is 92.1 Å². The van der Waals surface area contributed by atoms with Crippen molar-refractivity contribution in [2.75, 3.05) is 0 Å². The summed E-state index contributed by atoms with van der Waals surface area (Å²) in [6.07, 6.45) is -0.815. The summed E-state index contributed by atoms with van der Waals surface area (Å²) in [5.74, 6) is 1.18. The smallest absolute Gasteiger partial charge is 0.489 e. The molecule has 0 spiro atoms. The number of benzene rings is 3. The third kappa shape index (κ3) is 5.18. The Kier molecular flexibility index (Phi) is 6.56. The lowest BCUT2D eigenvalue weighted by molar-refractivity contribution is -0.274. The van der Waals surface area contributed by atoms with E-state index in [1.165, 1.54) is 23.0 Å². The van der Waals surface area contributed by atoms with Crippen LogP contribution in [0.25, 0.3) is 33.3 Å². The highest BCUT2D eigenvalue weighted by atomic mass is 19.4. The molecule has 40 heavy (non-hydrogen) atoms. The van der Waals surface area contributed by atoms with Gasteiger partial charge in [-0.3, -0.25) is 0 Å². The second-order valence-electron chi connectivity index (χ2n) is 10.5. The predicted octanol–water partition coefficient (Wildman–Crippen LogP) is 9.21. The van der Waals surface area contributed by atoms with E-state index in [2.05, 4.69) is 58.8 Å². The van der Waals surface area contributed by atoms with Gasteiger partial charge in [0.25, 0.3) is 0 Å². The van der Waals surface area contributed by atoms with Crippen LogP contribution in [-0.2, 0) is 6.61 Å². The van der Waals surface area contributed by atoms with Crippen molar-refractivity contribution >= 4 is 10.9 Å². The molecule has 0 amide bonds. The third-order valence-electron chi connectivity index (χ3n) is 7.31. The molecule has 1 fully saturated rings. The molecular weight excluding hydrogens is 517 g/mol. The van der Waals surface area contributed by atoms with Gasteiger partial charge in [-0.2, -0.15) is 0 Å². The van der Waals surface area contributed by atoms with Crippen LogP contribution in [0.5, 0.6) is 11.5 Å². The lowest BCUT2D eigenvalue weighted by atomic mass is 9.99. The summed E-state index contributed by atoms with van der Waals surface area (Å²) in [4.78, 5) is 0. The van der Waals surface area contributed by atoms with Gasteiger partial charge in [0.1, 0.15) is 29.6 Å². The molecule has 5 nitrogen and oxygen atoms in total. The molecule has 0 bridgehead atoms. The number of rotatable bonds is 8. The first kappa shape index (κ1) is 26.0. The zero-order valence-corrected chi connectivity index (χ0v) is 22.5. The van der Waals surface area contributed by atoms with Gasteiger partial charge < -0.3 is 18.6 Å². The van der Waals surface area contributed by atoms with Gasteiger partial charge in [0, 0.05) is 29.2 Å². The number of halogens is 3. The monoisotopic (exact) mass is 546 g/mol. The molecule has 8 heteroatoms. The van der Waals surface area contributed by atoms with Gasteiger partial charge in [-0.15, -0.1) is 13.2 Å². The van der Waals surface area contributed by atoms with E-state index in [1.807, 2.05) is 25.1 Å². The molecular formula is C32H29F3N2O3. The van der Waals surface area contributed by atoms with Gasteiger partial charge in [0.05, 0.1) is 5.56 Å². The van der Waals surface area contributed by atoms with Gasteiger partial charge in [-0.25, -0.2) is 0 Å². The maximum atomic E-state index is 13.1. The minimum Gasteiger partial charge on any atom is -0.489 e. The zero-order valence-electron chi connectivity index (χ0n) is 22.5. The Hall–Kier alpha value is -4.20. The molecule has 2 heterocycles. The third-order valence-corrected chi connectivity index (χ3v) is 7.31. The van der Waals surface area contributed by atoms with Crippen molar-refractivity contribution in [1.29, 1.82) is 0 Å². The molecule has 0 atom stereocenters. The van der Waals surface area contributed by atoms with Crippen molar-refractivity contribution in [3.05, 3.63) is 89.8 Å². The van der Waals surface area contributed by atoms with Crippen LogP contribution in [0.15, 0.2) is 77.4 Å². The standard InChI is InChI=1S/C32H29F3N2O3/c1-19(2)37-15-14-21-8-11-23(17-28(21)37)25-13-12-24(16-20(25)3)38-18-27-30(36-40-31(27)22-9-10-22)26-6-4-5-7-29(26)39-32(33,34)35/h4-8,11-17,19,22H,9-10,18H2,1-3H3. The summed E-state index contributed by atoms with van der Waals surface area (Å²) in [6.45, 7) is 6.48. The summed E-state index contributed by atoms with van der Waals surface area (Å²) in [5.41, 5.74) is 5.62. The van der Waals surface area contributed by atoms with Crippen LogP contribution in [0.4, 0.5) is 13.2 Å². The molecule has 0 aliphatic heterocycles. The first-order chi connectivity index (χ1) is 19.2. The molecule has 5 aromatic rings. The highest BCUT2D eigenvalue weighted by Crippen LogP contribution is 2.45. The van der Waals surface area contributed by atoms with Crippen LogP contribution >= 0.6 is 0 Å². The van der Waals surface area contributed by atoms with E-state index in [-0.39, 0.29) is 23.8 Å². The van der Waals surface area contributed by atoms with E-state index in [4.69, 9.17) is 9.26 Å². The first-order valence-corrected chi connectivity index (χ1v) is 13.4. The van der Waals surface area contributed by atoms with Crippen LogP contribution in [-0.4, -0.2) is 16.1 Å². The summed E-state index contributed by atoms with van der Waals surface area (Å²) < 4.78 is 57.6. The molecule has 2 aromatic heterocycles. The van der Waals surface area contributed by atoms with Gasteiger partial charge in [0.15, 0.2) is 0 Å². The van der Waals surface area contributed by atoms with Crippen molar-refractivity contribution in [1.82, 2.24) is 9.72 Å². The number of para-hydroxylation sites is 1. The number of nitrogens with zero attached hydrogens (tertiary/aromatic N) is 2. The molecule has 0 saturated heterocycles. The Bertz CT molecular complexity index is 1680. The number of ether oxygens (including phenoxy) is 2. The van der Waals surface area contributed by atoms with Crippen LogP contribution in [0.2, 0.25) is 0 Å². The molecule has 1 saturated carbocycles. The van der Waals surface area contributed by atoms with E-state index in [0.29, 0.717) is 28.8 Å². The average molecular weight is 547 g/mol. The van der Waals surface area contributed by atoms with Crippen molar-refractivity contribution in [2.24, 2.45) is 0 Å². The summed E-state index contributed by atoms with van der Waals surface area (Å²) in [6, 6.07) is 20.9. The van der Waals surface area contributed by atoms with Gasteiger partial charge >= 0.3 is 6.36 Å². The van der Waals surface area contributed by atoms with E-state index in [1.54, 1.807) is 12.1 Å². The average Bonchev–Trinajstić information content (AvgIpc) is 3.52.